The minimum Gasteiger partial charge on any atom is -0.481 e. The number of rotatable bonds is 5. The fraction of sp³-hybridized carbons (Fsp3) is 0.300. The maximum absolute atomic E-state index is 10.6. The Labute approximate surface area is 107 Å². The summed E-state index contributed by atoms with van der Waals surface area (Å²) < 4.78 is 11.2. The Morgan fingerprint density at radius 1 is 1.32 bits per heavy atom. The lowest BCUT2D eigenvalue weighted by molar-refractivity contribution is -0.137. The highest BCUT2D eigenvalue weighted by Gasteiger charge is 2.12. The Morgan fingerprint density at radius 2 is 1.95 bits per heavy atom. The molecule has 100 valence electrons. The van der Waals surface area contributed by atoms with Gasteiger partial charge in [-0.2, -0.15) is 9.97 Å². The van der Waals surface area contributed by atoms with E-state index in [9.17, 15) is 4.79 Å². The van der Waals surface area contributed by atoms with Crippen molar-refractivity contribution in [2.75, 3.05) is 14.2 Å². The molecule has 0 aliphatic rings. The number of carboxylic acids is 1. The van der Waals surface area contributed by atoms with Crippen molar-refractivity contribution < 1.29 is 19.4 Å². The van der Waals surface area contributed by atoms with E-state index < -0.39 is 5.97 Å². The van der Waals surface area contributed by atoms with E-state index >= 15 is 0 Å². The number of hydrogen-bond donors (Lipinski definition) is 1. The zero-order valence-electron chi connectivity index (χ0n) is 10.3. The van der Waals surface area contributed by atoms with Crippen LogP contribution in [0.2, 0.25) is 0 Å². The number of ether oxygens (including phenoxy) is 2. The first kappa shape index (κ1) is 12.7. The summed E-state index contributed by atoms with van der Waals surface area (Å²) in [5.41, 5.74) is 0.332. The monoisotopic (exact) mass is 265 g/mol. The number of nitrogens with zero attached hydrogens (tertiary/aromatic N) is 5. The average molecular weight is 265 g/mol. The molecule has 0 unspecified atom stereocenters. The summed E-state index contributed by atoms with van der Waals surface area (Å²) >= 11 is 0. The number of aliphatic carboxylic acids is 1. The molecule has 0 fully saturated rings. The number of carboxylic acid groups (broad SMARTS) is 1. The molecule has 0 saturated heterocycles. The molecule has 1 N–H and O–H groups in total. The minimum absolute atomic E-state index is 0.243. The first-order valence-electron chi connectivity index (χ1n) is 5.21. The third-order valence-electron chi connectivity index (χ3n) is 2.16. The fourth-order valence-electron chi connectivity index (χ4n) is 1.34. The van der Waals surface area contributed by atoms with Gasteiger partial charge in [0.25, 0.3) is 0 Å². The molecule has 2 aromatic rings. The Hall–Kier alpha value is -2.71. The summed E-state index contributed by atoms with van der Waals surface area (Å²) in [4.78, 5) is 18.7. The van der Waals surface area contributed by atoms with E-state index in [-0.39, 0.29) is 12.4 Å². The van der Waals surface area contributed by atoms with E-state index in [1.807, 2.05) is 0 Å². The largest absolute Gasteiger partial charge is 0.481 e. The van der Waals surface area contributed by atoms with Crippen molar-refractivity contribution in [3.63, 3.8) is 0 Å². The zero-order chi connectivity index (χ0) is 13.8. The Kier molecular flexibility index (Phi) is 3.55. The second kappa shape index (κ2) is 5.29. The molecule has 0 aliphatic carbocycles. The normalized spacial score (nSPS) is 10.2. The molecular weight excluding hydrogens is 254 g/mol. The van der Waals surface area contributed by atoms with Gasteiger partial charge in [0.05, 0.1) is 26.5 Å². The zero-order valence-corrected chi connectivity index (χ0v) is 10.3. The van der Waals surface area contributed by atoms with Crippen molar-refractivity contribution in [3.8, 4) is 23.3 Å². The molecule has 0 aliphatic heterocycles. The van der Waals surface area contributed by atoms with Gasteiger partial charge in [-0.1, -0.05) is 5.21 Å². The van der Waals surface area contributed by atoms with Gasteiger partial charge in [-0.3, -0.25) is 4.79 Å². The standard InChI is InChI=1S/C10H11N5O4/c1-18-7-3-8(19-2)12-10(11-7)6-4-15(14-13-6)5-9(16)17/h3-4H,5H2,1-2H3,(H,16,17). The third-order valence-corrected chi connectivity index (χ3v) is 2.16. The van der Waals surface area contributed by atoms with Crippen LogP contribution < -0.4 is 9.47 Å². The van der Waals surface area contributed by atoms with Crippen molar-refractivity contribution in [3.05, 3.63) is 12.3 Å². The highest BCUT2D eigenvalue weighted by Crippen LogP contribution is 2.20. The topological polar surface area (TPSA) is 112 Å². The van der Waals surface area contributed by atoms with Gasteiger partial charge in [0.2, 0.25) is 11.8 Å². The van der Waals surface area contributed by atoms with Gasteiger partial charge in [0, 0.05) is 0 Å². The van der Waals surface area contributed by atoms with Crippen LogP contribution >= 0.6 is 0 Å². The first-order valence-corrected chi connectivity index (χ1v) is 5.21. The van der Waals surface area contributed by atoms with E-state index in [1.165, 1.54) is 31.2 Å². The maximum atomic E-state index is 10.6. The Balaban J connectivity index is 2.35. The summed E-state index contributed by atoms with van der Waals surface area (Å²) in [5, 5.41) is 16.1. The van der Waals surface area contributed by atoms with Crippen molar-refractivity contribution in [2.45, 2.75) is 6.54 Å². The van der Waals surface area contributed by atoms with Gasteiger partial charge in [-0.25, -0.2) is 4.68 Å². The second-order valence-electron chi connectivity index (χ2n) is 3.47. The van der Waals surface area contributed by atoms with Crippen molar-refractivity contribution in [1.29, 1.82) is 0 Å². The average Bonchev–Trinajstić information content (AvgIpc) is 2.85. The molecule has 9 nitrogen and oxygen atoms in total. The van der Waals surface area contributed by atoms with E-state index in [2.05, 4.69) is 20.3 Å². The molecular formula is C10H11N5O4. The van der Waals surface area contributed by atoms with Crippen LogP contribution in [0.25, 0.3) is 11.5 Å². The lowest BCUT2D eigenvalue weighted by Crippen LogP contribution is -2.08. The number of aromatic nitrogens is 5. The van der Waals surface area contributed by atoms with Gasteiger partial charge in [-0.05, 0) is 0 Å². The van der Waals surface area contributed by atoms with Crippen molar-refractivity contribution in [1.82, 2.24) is 25.0 Å². The number of hydrogen-bond acceptors (Lipinski definition) is 7. The third kappa shape index (κ3) is 2.94. The lowest BCUT2D eigenvalue weighted by atomic mass is 10.4. The summed E-state index contributed by atoms with van der Waals surface area (Å²) in [6, 6.07) is 1.52. The van der Waals surface area contributed by atoms with Crippen LogP contribution in [-0.2, 0) is 11.3 Å². The molecule has 0 bridgehead atoms. The molecule has 2 rings (SSSR count). The van der Waals surface area contributed by atoms with Gasteiger partial charge in [0.1, 0.15) is 6.54 Å². The fourth-order valence-corrected chi connectivity index (χ4v) is 1.34. The number of carbonyl (C=O) groups is 1. The van der Waals surface area contributed by atoms with Crippen LogP contribution in [0, 0.1) is 0 Å². The Morgan fingerprint density at radius 3 is 2.47 bits per heavy atom. The van der Waals surface area contributed by atoms with Crippen LogP contribution in [0.3, 0.4) is 0 Å². The van der Waals surface area contributed by atoms with Crippen molar-refractivity contribution in [2.24, 2.45) is 0 Å². The molecule has 2 heterocycles. The molecule has 0 amide bonds. The molecule has 19 heavy (non-hydrogen) atoms. The van der Waals surface area contributed by atoms with Crippen LogP contribution in [0.5, 0.6) is 11.8 Å². The van der Waals surface area contributed by atoms with Crippen LogP contribution in [-0.4, -0.2) is 50.3 Å². The molecule has 9 heteroatoms. The summed E-state index contributed by atoms with van der Waals surface area (Å²) in [6.45, 7) is -0.284. The Bertz CT molecular complexity index is 575. The molecule has 0 saturated carbocycles. The van der Waals surface area contributed by atoms with Gasteiger partial charge < -0.3 is 14.6 Å². The van der Waals surface area contributed by atoms with Gasteiger partial charge in [-0.15, -0.1) is 5.10 Å². The SMILES string of the molecule is COc1cc(OC)nc(-c2cn(CC(=O)O)nn2)n1. The summed E-state index contributed by atoms with van der Waals surface area (Å²) in [5.74, 6) is -0.141. The summed E-state index contributed by atoms with van der Waals surface area (Å²) in [7, 11) is 2.93. The van der Waals surface area contributed by atoms with Gasteiger partial charge in [0.15, 0.2) is 11.5 Å². The lowest BCUT2D eigenvalue weighted by Gasteiger charge is -2.03. The minimum atomic E-state index is -1.01. The molecule has 0 spiro atoms. The van der Waals surface area contributed by atoms with Gasteiger partial charge >= 0.3 is 5.97 Å². The van der Waals surface area contributed by atoms with Crippen molar-refractivity contribution >= 4 is 5.97 Å². The molecule has 2 aromatic heterocycles. The predicted molar refractivity (Wildman–Crippen MR) is 61.8 cm³/mol. The summed E-state index contributed by atoms with van der Waals surface area (Å²) in [6.07, 6.45) is 1.43. The molecule has 0 aromatic carbocycles. The predicted octanol–water partition coefficient (Wildman–Crippen LogP) is -0.163. The van der Waals surface area contributed by atoms with Crippen LogP contribution in [0.15, 0.2) is 12.3 Å². The quantitative estimate of drug-likeness (QED) is 0.793. The maximum Gasteiger partial charge on any atom is 0.325 e. The first-order chi connectivity index (χ1) is 9.12. The molecule has 0 radical (unpaired) electrons. The van der Waals surface area contributed by atoms with E-state index in [0.29, 0.717) is 17.5 Å². The number of methoxy groups -OCH3 is 2. The highest BCUT2D eigenvalue weighted by molar-refractivity contribution is 5.66. The van der Waals surface area contributed by atoms with E-state index in [0.717, 1.165) is 0 Å². The van der Waals surface area contributed by atoms with Crippen LogP contribution in [0.4, 0.5) is 0 Å². The smallest absolute Gasteiger partial charge is 0.325 e. The van der Waals surface area contributed by atoms with E-state index in [1.54, 1.807) is 0 Å². The van der Waals surface area contributed by atoms with Crippen LogP contribution in [0.1, 0.15) is 0 Å². The second-order valence-corrected chi connectivity index (χ2v) is 3.47. The highest BCUT2D eigenvalue weighted by atomic mass is 16.5. The van der Waals surface area contributed by atoms with E-state index in [4.69, 9.17) is 14.6 Å². The molecule has 0 atom stereocenters.